The maximum Gasteiger partial charge on any atom is 0.460 e. The molecular weight excluding hydrogens is 485 g/mol. The summed E-state index contributed by atoms with van der Waals surface area (Å²) in [7, 11) is 0. The molecule has 0 unspecified atom stereocenters. The fourth-order valence-corrected chi connectivity index (χ4v) is 1.75. The molecule has 0 spiro atoms. The van der Waals surface area contributed by atoms with Crippen molar-refractivity contribution >= 4 is 5.97 Å². The number of carbonyl (C=O) groups excluding carboxylic acids is 1. The smallest absolute Gasteiger partial charge is 0.460 e. The average Bonchev–Trinajstić information content (AvgIpc) is 2.57. The predicted molar refractivity (Wildman–Crippen MR) is 70.5 cm³/mol. The molecule has 0 saturated heterocycles. The summed E-state index contributed by atoms with van der Waals surface area (Å²) in [5, 5.41) is 0. The van der Waals surface area contributed by atoms with E-state index in [1.807, 2.05) is 0 Å². The van der Waals surface area contributed by atoms with Crippen LogP contribution in [0.3, 0.4) is 0 Å². The SMILES string of the molecule is CCCCOC(=O)C(CC(F)(F)C(F)(F)C(F)(F)C(F)(F)C(F)(F)C(F)(F)F)=C(F)F. The molecule has 0 heterocycles. The van der Waals surface area contributed by atoms with Gasteiger partial charge in [-0.3, -0.25) is 0 Å². The van der Waals surface area contributed by atoms with Crippen LogP contribution in [0.15, 0.2) is 11.7 Å². The number of hydrogen-bond acceptors (Lipinski definition) is 2. The van der Waals surface area contributed by atoms with Gasteiger partial charge < -0.3 is 4.74 Å². The summed E-state index contributed by atoms with van der Waals surface area (Å²) in [6.07, 6.45) is -14.4. The van der Waals surface area contributed by atoms with Gasteiger partial charge in [-0.25, -0.2) is 4.79 Å². The Balaban J connectivity index is 6.22. The number of alkyl halides is 13. The van der Waals surface area contributed by atoms with Crippen molar-refractivity contribution in [1.82, 2.24) is 0 Å². The fourth-order valence-electron chi connectivity index (χ4n) is 1.75. The zero-order valence-corrected chi connectivity index (χ0v) is 14.8. The third kappa shape index (κ3) is 5.15. The van der Waals surface area contributed by atoms with Crippen molar-refractivity contribution < 1.29 is 75.4 Å². The van der Waals surface area contributed by atoms with Crippen LogP contribution < -0.4 is 0 Å². The van der Waals surface area contributed by atoms with Crippen molar-refractivity contribution in [3.05, 3.63) is 11.7 Å². The highest BCUT2D eigenvalue weighted by molar-refractivity contribution is 5.88. The fraction of sp³-hybridized carbons (Fsp3) is 0.786. The number of rotatable bonds is 10. The molecule has 0 rings (SSSR count). The third-order valence-corrected chi connectivity index (χ3v) is 3.60. The molecule has 0 aromatic rings. The van der Waals surface area contributed by atoms with Crippen molar-refractivity contribution in [1.29, 1.82) is 0 Å². The minimum atomic E-state index is -8.16. The molecule has 17 heteroatoms. The van der Waals surface area contributed by atoms with E-state index in [0.29, 0.717) is 0 Å². The van der Waals surface area contributed by atoms with Crippen LogP contribution in [-0.4, -0.2) is 48.4 Å². The minimum Gasteiger partial charge on any atom is -0.462 e. The van der Waals surface area contributed by atoms with Gasteiger partial charge in [-0.1, -0.05) is 13.3 Å². The van der Waals surface area contributed by atoms with Crippen molar-refractivity contribution in [3.63, 3.8) is 0 Å². The quantitative estimate of drug-likeness (QED) is 0.147. The summed E-state index contributed by atoms with van der Waals surface area (Å²) in [6, 6.07) is 0. The predicted octanol–water partition coefficient (Wildman–Crippen LogP) is 6.61. The third-order valence-electron chi connectivity index (χ3n) is 3.60. The lowest BCUT2D eigenvalue weighted by Gasteiger charge is -2.39. The first-order valence-corrected chi connectivity index (χ1v) is 7.70. The Bertz CT molecular complexity index is 674. The zero-order valence-electron chi connectivity index (χ0n) is 14.8. The number of halogens is 15. The summed E-state index contributed by atoms with van der Waals surface area (Å²) < 4.78 is 197. The van der Waals surface area contributed by atoms with Crippen LogP contribution >= 0.6 is 0 Å². The first kappa shape index (κ1) is 29.2. The van der Waals surface area contributed by atoms with Gasteiger partial charge in [0.25, 0.3) is 6.08 Å². The molecule has 0 aliphatic carbocycles. The van der Waals surface area contributed by atoms with E-state index < -0.39 is 66.4 Å². The monoisotopic (exact) mass is 496 g/mol. The van der Waals surface area contributed by atoms with Crippen molar-refractivity contribution in [2.24, 2.45) is 0 Å². The van der Waals surface area contributed by atoms with E-state index >= 15 is 0 Å². The second-order valence-corrected chi connectivity index (χ2v) is 5.90. The normalized spacial score (nSPS) is 14.5. The van der Waals surface area contributed by atoms with Crippen LogP contribution in [0.4, 0.5) is 65.9 Å². The minimum absolute atomic E-state index is 0.0731. The molecule has 31 heavy (non-hydrogen) atoms. The summed E-state index contributed by atoms with van der Waals surface area (Å²) in [5.41, 5.74) is -2.71. The number of esters is 1. The second-order valence-electron chi connectivity index (χ2n) is 5.90. The van der Waals surface area contributed by atoms with E-state index in [1.54, 1.807) is 0 Å². The molecule has 0 amide bonds. The molecule has 0 radical (unpaired) electrons. The van der Waals surface area contributed by atoms with Crippen molar-refractivity contribution in [3.8, 4) is 0 Å². The van der Waals surface area contributed by atoms with Gasteiger partial charge in [0.2, 0.25) is 0 Å². The maximum absolute atomic E-state index is 13.6. The highest BCUT2D eigenvalue weighted by Crippen LogP contribution is 2.61. The van der Waals surface area contributed by atoms with Crippen LogP contribution in [0, 0.1) is 0 Å². The van der Waals surface area contributed by atoms with E-state index in [1.165, 1.54) is 6.92 Å². The van der Waals surface area contributed by atoms with Crippen molar-refractivity contribution in [2.75, 3.05) is 6.61 Å². The van der Waals surface area contributed by atoms with Gasteiger partial charge in [0, 0.05) is 0 Å². The summed E-state index contributed by atoms with van der Waals surface area (Å²) >= 11 is 0. The maximum atomic E-state index is 13.6. The van der Waals surface area contributed by atoms with Gasteiger partial charge in [-0.05, 0) is 6.42 Å². The Labute approximate surface area is 163 Å². The van der Waals surface area contributed by atoms with Crippen LogP contribution in [0.1, 0.15) is 26.2 Å². The van der Waals surface area contributed by atoms with Gasteiger partial charge in [-0.15, -0.1) is 0 Å². The molecular formula is C14H11F15O2. The van der Waals surface area contributed by atoms with Crippen molar-refractivity contribution in [2.45, 2.75) is 62.0 Å². The Kier molecular flexibility index (Phi) is 8.42. The molecule has 0 bridgehead atoms. The van der Waals surface area contributed by atoms with E-state index in [4.69, 9.17) is 0 Å². The first-order chi connectivity index (χ1) is 13.5. The molecule has 0 aliphatic heterocycles. The van der Waals surface area contributed by atoms with Gasteiger partial charge in [0.15, 0.2) is 0 Å². The lowest BCUT2D eigenvalue weighted by molar-refractivity contribution is -0.439. The van der Waals surface area contributed by atoms with E-state index in [2.05, 4.69) is 4.74 Å². The highest BCUT2D eigenvalue weighted by Gasteiger charge is 2.90. The number of hydrogen-bond donors (Lipinski definition) is 0. The summed E-state index contributed by atoms with van der Waals surface area (Å²) in [5.74, 6) is -41.3. The zero-order chi connectivity index (χ0) is 25.3. The average molecular weight is 496 g/mol. The van der Waals surface area contributed by atoms with Crippen LogP contribution in [-0.2, 0) is 9.53 Å². The van der Waals surface area contributed by atoms with Crippen LogP contribution in [0.5, 0.6) is 0 Å². The molecule has 184 valence electrons. The molecule has 0 atom stereocenters. The Hall–Kier alpha value is -1.84. The molecule has 0 fully saturated rings. The summed E-state index contributed by atoms with van der Waals surface area (Å²) in [6.45, 7) is 0.703. The van der Waals surface area contributed by atoms with Crippen LogP contribution in [0.25, 0.3) is 0 Å². The molecule has 0 saturated carbocycles. The molecule has 0 aromatic carbocycles. The standard InChI is InChI=1S/C14H11F15O2/c1-2-3-4-31-8(30)6(7(15)16)5-9(17,18)10(19,20)11(21,22)12(23,24)13(25,26)14(27,28)29/h2-5H2,1H3. The second kappa shape index (κ2) is 8.96. The van der Waals surface area contributed by atoms with Gasteiger partial charge in [-0.2, -0.15) is 65.9 Å². The lowest BCUT2D eigenvalue weighted by atomic mass is 9.91. The Morgan fingerprint density at radius 3 is 1.48 bits per heavy atom. The van der Waals surface area contributed by atoms with Crippen LogP contribution in [0.2, 0.25) is 0 Å². The molecule has 0 N–H and O–H groups in total. The molecule has 0 aromatic heterocycles. The molecule has 0 aliphatic rings. The first-order valence-electron chi connectivity index (χ1n) is 7.70. The van der Waals surface area contributed by atoms with E-state index in [-0.39, 0.29) is 12.8 Å². The van der Waals surface area contributed by atoms with Gasteiger partial charge in [0.1, 0.15) is 5.57 Å². The van der Waals surface area contributed by atoms with Gasteiger partial charge in [0.05, 0.1) is 13.0 Å². The summed E-state index contributed by atoms with van der Waals surface area (Å²) in [4.78, 5) is 11.3. The van der Waals surface area contributed by atoms with E-state index in [9.17, 15) is 70.7 Å². The topological polar surface area (TPSA) is 26.3 Å². The Morgan fingerprint density at radius 1 is 0.710 bits per heavy atom. The van der Waals surface area contributed by atoms with Gasteiger partial charge >= 0.3 is 41.8 Å². The lowest BCUT2D eigenvalue weighted by Crippen LogP contribution is -2.70. The number of ether oxygens (including phenoxy) is 1. The number of carbonyl (C=O) groups is 1. The Morgan fingerprint density at radius 2 is 1.13 bits per heavy atom. The highest BCUT2D eigenvalue weighted by atomic mass is 19.4. The number of unbranched alkanes of at least 4 members (excludes halogenated alkanes) is 1. The van der Waals surface area contributed by atoms with E-state index in [0.717, 1.165) is 0 Å². The molecule has 2 nitrogen and oxygen atoms in total. The largest absolute Gasteiger partial charge is 0.462 e.